The minimum atomic E-state index is 0.0929. The molecule has 6 N–H and O–H groups in total. The second-order valence-electron chi connectivity index (χ2n) is 9.64. The maximum Gasteiger partial charge on any atom is 0.224 e. The van der Waals surface area contributed by atoms with Gasteiger partial charge in [-0.25, -0.2) is 4.98 Å². The number of benzene rings is 1. The number of hydrogen-bond acceptors (Lipinski definition) is 8. The average molecular weight is 501 g/mol. The number of aromatic amines is 1. The van der Waals surface area contributed by atoms with Crippen LogP contribution >= 0.6 is 0 Å². The fourth-order valence-corrected chi connectivity index (χ4v) is 5.01. The molecule has 11 nitrogen and oxygen atoms in total. The Morgan fingerprint density at radius 3 is 2.65 bits per heavy atom. The lowest BCUT2D eigenvalue weighted by atomic mass is 9.91. The van der Waals surface area contributed by atoms with E-state index in [4.69, 9.17) is 15.5 Å². The van der Waals surface area contributed by atoms with E-state index in [-0.39, 0.29) is 18.0 Å². The SMILES string of the molecule is N#Cc1cccc(ONC(=N)N[C@H]2CC[C@H](Nc3nccc(Nc4cc(C5CCCC5)[nH]n4)n3)CC2)c1. The van der Waals surface area contributed by atoms with Crippen molar-refractivity contribution in [2.24, 2.45) is 0 Å². The zero-order chi connectivity index (χ0) is 25.5. The zero-order valence-electron chi connectivity index (χ0n) is 20.6. The number of hydrogen-bond donors (Lipinski definition) is 6. The van der Waals surface area contributed by atoms with E-state index in [0.29, 0.717) is 29.0 Å². The van der Waals surface area contributed by atoms with Gasteiger partial charge in [-0.2, -0.15) is 20.8 Å². The van der Waals surface area contributed by atoms with Gasteiger partial charge in [0.1, 0.15) is 5.82 Å². The van der Waals surface area contributed by atoms with E-state index in [9.17, 15) is 0 Å². The number of anilines is 3. The summed E-state index contributed by atoms with van der Waals surface area (Å²) >= 11 is 0. The Morgan fingerprint density at radius 1 is 1.03 bits per heavy atom. The highest BCUT2D eigenvalue weighted by atomic mass is 16.6. The van der Waals surface area contributed by atoms with Crippen molar-refractivity contribution in [3.63, 3.8) is 0 Å². The molecular weight excluding hydrogens is 468 g/mol. The molecule has 0 amide bonds. The fraction of sp³-hybridized carbons (Fsp3) is 0.423. The molecule has 0 aliphatic heterocycles. The second-order valence-corrected chi connectivity index (χ2v) is 9.64. The third kappa shape index (κ3) is 6.67. The molecule has 5 rings (SSSR count). The Labute approximate surface area is 215 Å². The van der Waals surface area contributed by atoms with Crippen molar-refractivity contribution >= 4 is 23.5 Å². The molecule has 11 heteroatoms. The van der Waals surface area contributed by atoms with Gasteiger partial charge in [-0.05, 0) is 56.7 Å². The van der Waals surface area contributed by atoms with Gasteiger partial charge in [-0.1, -0.05) is 18.9 Å². The van der Waals surface area contributed by atoms with Crippen LogP contribution in [0.4, 0.5) is 17.6 Å². The summed E-state index contributed by atoms with van der Waals surface area (Å²) in [5, 5.41) is 34.6. The van der Waals surface area contributed by atoms with E-state index in [0.717, 1.165) is 31.5 Å². The Bertz CT molecular complexity index is 1240. The summed E-state index contributed by atoms with van der Waals surface area (Å²) in [7, 11) is 0. The van der Waals surface area contributed by atoms with Crippen molar-refractivity contribution in [2.45, 2.75) is 69.4 Å². The summed E-state index contributed by atoms with van der Waals surface area (Å²) in [5.41, 5.74) is 4.30. The molecule has 2 aliphatic rings. The third-order valence-corrected chi connectivity index (χ3v) is 6.95. The Hall–Kier alpha value is -4.33. The van der Waals surface area contributed by atoms with Gasteiger partial charge >= 0.3 is 0 Å². The lowest BCUT2D eigenvalue weighted by molar-refractivity contribution is 0.251. The largest absolute Gasteiger partial charge is 0.379 e. The van der Waals surface area contributed by atoms with Gasteiger partial charge in [-0.3, -0.25) is 10.5 Å². The maximum atomic E-state index is 8.98. The smallest absolute Gasteiger partial charge is 0.224 e. The first-order valence-corrected chi connectivity index (χ1v) is 12.8. The van der Waals surface area contributed by atoms with Crippen LogP contribution in [-0.2, 0) is 0 Å². The molecule has 0 atom stereocenters. The van der Waals surface area contributed by atoms with Crippen LogP contribution in [-0.4, -0.2) is 38.2 Å². The van der Waals surface area contributed by atoms with Gasteiger partial charge in [0.25, 0.3) is 0 Å². The molecule has 0 saturated heterocycles. The highest BCUT2D eigenvalue weighted by molar-refractivity contribution is 5.75. The summed E-state index contributed by atoms with van der Waals surface area (Å²) in [4.78, 5) is 14.4. The fourth-order valence-electron chi connectivity index (χ4n) is 5.01. The Morgan fingerprint density at radius 2 is 1.84 bits per heavy atom. The minimum Gasteiger partial charge on any atom is -0.379 e. The summed E-state index contributed by atoms with van der Waals surface area (Å²) < 4.78 is 0. The lowest BCUT2D eigenvalue weighted by Gasteiger charge is -2.30. The number of hydroxylamine groups is 1. The Balaban J connectivity index is 1.05. The predicted molar refractivity (Wildman–Crippen MR) is 141 cm³/mol. The topological polar surface area (TPSA) is 159 Å². The quantitative estimate of drug-likeness (QED) is 0.150. The van der Waals surface area contributed by atoms with E-state index >= 15 is 0 Å². The number of nitrogens with zero attached hydrogens (tertiary/aromatic N) is 4. The molecule has 0 radical (unpaired) electrons. The summed E-state index contributed by atoms with van der Waals surface area (Å²) in [5.74, 6) is 3.24. The number of rotatable bonds is 8. The monoisotopic (exact) mass is 500 g/mol. The lowest BCUT2D eigenvalue weighted by Crippen LogP contribution is -2.46. The van der Waals surface area contributed by atoms with Crippen molar-refractivity contribution in [3.05, 3.63) is 53.9 Å². The molecule has 3 aromatic rings. The predicted octanol–water partition coefficient (Wildman–Crippen LogP) is 4.30. The average Bonchev–Trinajstić information content (AvgIpc) is 3.62. The van der Waals surface area contributed by atoms with Crippen LogP contribution in [0.15, 0.2) is 42.6 Å². The summed E-state index contributed by atoms with van der Waals surface area (Å²) in [6.07, 6.45) is 10.4. The normalized spacial score (nSPS) is 19.5. The van der Waals surface area contributed by atoms with Crippen LogP contribution in [0.2, 0.25) is 0 Å². The van der Waals surface area contributed by atoms with Crippen LogP contribution in [0.1, 0.15) is 68.5 Å². The van der Waals surface area contributed by atoms with Crippen LogP contribution in [0.25, 0.3) is 0 Å². The van der Waals surface area contributed by atoms with E-state index in [1.165, 1.54) is 31.4 Å². The number of aromatic nitrogens is 4. The van der Waals surface area contributed by atoms with Crippen LogP contribution in [0.5, 0.6) is 5.75 Å². The van der Waals surface area contributed by atoms with Gasteiger partial charge in [-0.15, -0.1) is 0 Å². The first-order valence-electron chi connectivity index (χ1n) is 12.8. The van der Waals surface area contributed by atoms with E-state index in [2.05, 4.69) is 53.7 Å². The molecule has 192 valence electrons. The first kappa shape index (κ1) is 24.4. The number of nitrogens with one attached hydrogen (secondary N) is 6. The van der Waals surface area contributed by atoms with Crippen LogP contribution in [0.3, 0.4) is 0 Å². The van der Waals surface area contributed by atoms with Gasteiger partial charge in [0, 0.05) is 42.0 Å². The molecule has 2 aliphatic carbocycles. The van der Waals surface area contributed by atoms with Crippen molar-refractivity contribution < 1.29 is 4.84 Å². The van der Waals surface area contributed by atoms with Gasteiger partial charge < -0.3 is 20.8 Å². The van der Waals surface area contributed by atoms with Gasteiger partial charge in [0.2, 0.25) is 11.9 Å². The summed E-state index contributed by atoms with van der Waals surface area (Å²) in [6, 6.07) is 13.2. The molecule has 2 fully saturated rings. The molecular formula is C26H32N10O. The van der Waals surface area contributed by atoms with Gasteiger partial charge in [0.15, 0.2) is 11.6 Å². The van der Waals surface area contributed by atoms with Crippen molar-refractivity contribution in [1.29, 1.82) is 10.7 Å². The second kappa shape index (κ2) is 11.6. The van der Waals surface area contributed by atoms with E-state index in [1.54, 1.807) is 30.5 Å². The Kier molecular flexibility index (Phi) is 7.64. The molecule has 0 bridgehead atoms. The van der Waals surface area contributed by atoms with Crippen molar-refractivity contribution in [2.75, 3.05) is 10.6 Å². The minimum absolute atomic E-state index is 0.0929. The standard InChI is InChI=1S/C26H32N10O/c27-16-17-4-3-7-21(14-17)37-36-25(28)30-19-8-10-20(11-9-19)31-26-29-13-12-23(33-26)32-24-15-22(34-35-24)18-5-1-2-6-18/h3-4,7,12-15,18-20H,1-2,5-6,8-11H2,(H3,28,30,36)(H3,29,31,32,33,34,35)/t19-,20-. The van der Waals surface area contributed by atoms with Crippen LogP contribution < -0.4 is 26.3 Å². The molecule has 37 heavy (non-hydrogen) atoms. The number of guanidine groups is 1. The van der Waals surface area contributed by atoms with E-state index < -0.39 is 0 Å². The van der Waals surface area contributed by atoms with Crippen LogP contribution in [0, 0.1) is 16.7 Å². The zero-order valence-corrected chi connectivity index (χ0v) is 20.6. The highest BCUT2D eigenvalue weighted by Crippen LogP contribution is 2.34. The van der Waals surface area contributed by atoms with Gasteiger partial charge in [0.05, 0.1) is 11.6 Å². The molecule has 2 heterocycles. The van der Waals surface area contributed by atoms with Crippen molar-refractivity contribution in [1.82, 2.24) is 31.0 Å². The molecule has 0 spiro atoms. The maximum absolute atomic E-state index is 8.98. The molecule has 2 aromatic heterocycles. The number of nitriles is 1. The number of H-pyrrole nitrogens is 1. The third-order valence-electron chi connectivity index (χ3n) is 6.95. The van der Waals surface area contributed by atoms with E-state index in [1.807, 2.05) is 6.07 Å². The summed E-state index contributed by atoms with van der Waals surface area (Å²) in [6.45, 7) is 0. The highest BCUT2D eigenvalue weighted by Gasteiger charge is 2.23. The first-order chi connectivity index (χ1) is 18.1. The molecule has 1 aromatic carbocycles. The van der Waals surface area contributed by atoms with Crippen molar-refractivity contribution in [3.8, 4) is 11.8 Å². The molecule has 2 saturated carbocycles. The molecule has 0 unspecified atom stereocenters.